The number of hydrogen-bond acceptors (Lipinski definition) is 3. The number of likely N-dealkylation sites (tertiary alicyclic amines) is 1. The van der Waals surface area contributed by atoms with E-state index in [0.29, 0.717) is 37.9 Å². The average molecular weight is 303 g/mol. The number of amides is 2. The molecular formula is C13H25N3O3S. The largest absolute Gasteiger partial charge is 0.335 e. The Morgan fingerprint density at radius 2 is 1.90 bits per heavy atom. The third kappa shape index (κ3) is 4.63. The van der Waals surface area contributed by atoms with Crippen LogP contribution in [0.15, 0.2) is 0 Å². The molecule has 0 aromatic heterocycles. The number of rotatable bonds is 3. The van der Waals surface area contributed by atoms with Crippen LogP contribution in [0.5, 0.6) is 0 Å². The summed E-state index contributed by atoms with van der Waals surface area (Å²) < 4.78 is 22.1. The van der Waals surface area contributed by atoms with Crippen molar-refractivity contribution in [2.75, 3.05) is 18.8 Å². The number of nitrogens with one attached hydrogen (secondary N) is 1. The van der Waals surface area contributed by atoms with Gasteiger partial charge in [-0.05, 0) is 43.9 Å². The molecule has 2 atom stereocenters. The molecule has 1 saturated heterocycles. The molecule has 3 N–H and O–H groups in total. The Hall–Kier alpha value is -0.820. The van der Waals surface area contributed by atoms with Gasteiger partial charge >= 0.3 is 6.03 Å². The number of piperidine rings is 1. The molecule has 1 heterocycles. The van der Waals surface area contributed by atoms with Crippen molar-refractivity contribution in [3.05, 3.63) is 0 Å². The van der Waals surface area contributed by atoms with Crippen LogP contribution in [0.4, 0.5) is 4.79 Å². The summed E-state index contributed by atoms with van der Waals surface area (Å²) in [6.07, 6.45) is 4.74. The van der Waals surface area contributed by atoms with E-state index in [0.717, 1.165) is 12.8 Å². The Bertz CT molecular complexity index is 444. The third-order valence-electron chi connectivity index (χ3n) is 4.39. The Morgan fingerprint density at radius 3 is 2.40 bits per heavy atom. The summed E-state index contributed by atoms with van der Waals surface area (Å²) in [5.41, 5.74) is 0. The molecule has 1 aliphatic carbocycles. The predicted octanol–water partition coefficient (Wildman–Crippen LogP) is 0.885. The van der Waals surface area contributed by atoms with Gasteiger partial charge in [0.05, 0.1) is 5.75 Å². The highest BCUT2D eigenvalue weighted by Gasteiger charge is 2.28. The Morgan fingerprint density at radius 1 is 1.25 bits per heavy atom. The second-order valence-corrected chi connectivity index (χ2v) is 7.98. The molecule has 0 spiro atoms. The minimum absolute atomic E-state index is 0.00171. The zero-order chi connectivity index (χ0) is 14.8. The first kappa shape index (κ1) is 15.6. The molecule has 2 fully saturated rings. The Kier molecular flexibility index (Phi) is 4.90. The van der Waals surface area contributed by atoms with Gasteiger partial charge < -0.3 is 10.2 Å². The van der Waals surface area contributed by atoms with E-state index >= 15 is 0 Å². The molecule has 0 aromatic carbocycles. The van der Waals surface area contributed by atoms with Gasteiger partial charge in [0.25, 0.3) is 0 Å². The van der Waals surface area contributed by atoms with E-state index in [-0.39, 0.29) is 17.7 Å². The molecule has 2 rings (SSSR count). The summed E-state index contributed by atoms with van der Waals surface area (Å²) >= 11 is 0. The molecule has 0 aromatic rings. The van der Waals surface area contributed by atoms with Crippen LogP contribution >= 0.6 is 0 Å². The third-order valence-corrected chi connectivity index (χ3v) is 5.33. The van der Waals surface area contributed by atoms with Crippen molar-refractivity contribution in [3.63, 3.8) is 0 Å². The van der Waals surface area contributed by atoms with Crippen LogP contribution in [0, 0.1) is 11.8 Å². The maximum atomic E-state index is 12.1. The van der Waals surface area contributed by atoms with Crippen molar-refractivity contribution in [1.82, 2.24) is 10.2 Å². The van der Waals surface area contributed by atoms with E-state index in [4.69, 9.17) is 5.14 Å². The van der Waals surface area contributed by atoms with Crippen molar-refractivity contribution in [2.24, 2.45) is 17.0 Å². The lowest BCUT2D eigenvalue weighted by Crippen LogP contribution is -2.48. The minimum atomic E-state index is -3.41. The molecule has 6 nitrogen and oxygen atoms in total. The van der Waals surface area contributed by atoms with E-state index in [9.17, 15) is 13.2 Å². The normalized spacial score (nSPS) is 28.6. The quantitative estimate of drug-likeness (QED) is 0.810. The van der Waals surface area contributed by atoms with E-state index in [2.05, 4.69) is 12.2 Å². The second-order valence-electron chi connectivity index (χ2n) is 6.32. The molecule has 2 aliphatic rings. The van der Waals surface area contributed by atoms with Gasteiger partial charge in [-0.15, -0.1) is 0 Å². The molecule has 20 heavy (non-hydrogen) atoms. The fraction of sp³-hybridized carbons (Fsp3) is 0.923. The number of carbonyl (C=O) groups is 1. The molecule has 2 amide bonds. The van der Waals surface area contributed by atoms with Gasteiger partial charge in [0.1, 0.15) is 0 Å². The maximum absolute atomic E-state index is 12.1. The molecule has 0 radical (unpaired) electrons. The number of sulfonamides is 1. The van der Waals surface area contributed by atoms with E-state index in [1.165, 1.54) is 6.42 Å². The van der Waals surface area contributed by atoms with Gasteiger partial charge in [-0.3, -0.25) is 0 Å². The topological polar surface area (TPSA) is 92.5 Å². The zero-order valence-corrected chi connectivity index (χ0v) is 12.9. The van der Waals surface area contributed by atoms with Gasteiger partial charge in [-0.1, -0.05) is 6.92 Å². The predicted molar refractivity (Wildman–Crippen MR) is 77.6 cm³/mol. The number of nitrogens with zero attached hydrogens (tertiary/aromatic N) is 1. The van der Waals surface area contributed by atoms with Gasteiger partial charge in [0.15, 0.2) is 0 Å². The molecule has 116 valence electrons. The minimum Gasteiger partial charge on any atom is -0.335 e. The second kappa shape index (κ2) is 6.30. The standard InChI is InChI=1S/C13H25N3O3S/c1-10-2-3-12(8-10)15-13(17)16-6-4-11(5-7-16)9-20(14,18)19/h10-12H,2-9H2,1H3,(H,15,17)(H2,14,18,19). The lowest BCUT2D eigenvalue weighted by molar-refractivity contribution is 0.171. The van der Waals surface area contributed by atoms with E-state index < -0.39 is 10.0 Å². The van der Waals surface area contributed by atoms with Crippen LogP contribution in [0.25, 0.3) is 0 Å². The number of nitrogens with two attached hydrogens (primary N) is 1. The van der Waals surface area contributed by atoms with Crippen LogP contribution < -0.4 is 10.5 Å². The first-order chi connectivity index (χ1) is 9.33. The van der Waals surface area contributed by atoms with Crippen molar-refractivity contribution in [3.8, 4) is 0 Å². The van der Waals surface area contributed by atoms with Crippen molar-refractivity contribution in [1.29, 1.82) is 0 Å². The first-order valence-electron chi connectivity index (χ1n) is 7.39. The number of urea groups is 1. The molecule has 1 aliphatic heterocycles. The number of hydrogen-bond donors (Lipinski definition) is 2. The zero-order valence-electron chi connectivity index (χ0n) is 12.0. The SMILES string of the molecule is CC1CCC(NC(=O)N2CCC(CS(N)(=O)=O)CC2)C1. The van der Waals surface area contributed by atoms with Crippen LogP contribution in [-0.4, -0.2) is 44.2 Å². The molecule has 2 unspecified atom stereocenters. The highest BCUT2D eigenvalue weighted by atomic mass is 32.2. The highest BCUT2D eigenvalue weighted by Crippen LogP contribution is 2.25. The van der Waals surface area contributed by atoms with Gasteiger partial charge in [-0.25, -0.2) is 18.4 Å². The fourth-order valence-electron chi connectivity index (χ4n) is 3.24. The van der Waals surface area contributed by atoms with E-state index in [1.54, 1.807) is 4.90 Å². The fourth-order valence-corrected chi connectivity index (χ4v) is 4.23. The van der Waals surface area contributed by atoms with Gasteiger partial charge in [-0.2, -0.15) is 0 Å². The molecule has 1 saturated carbocycles. The smallest absolute Gasteiger partial charge is 0.317 e. The average Bonchev–Trinajstić information content (AvgIpc) is 2.73. The first-order valence-corrected chi connectivity index (χ1v) is 9.11. The van der Waals surface area contributed by atoms with Crippen LogP contribution in [0.2, 0.25) is 0 Å². The summed E-state index contributed by atoms with van der Waals surface area (Å²) in [4.78, 5) is 13.9. The Labute approximate surface area is 121 Å². The van der Waals surface area contributed by atoms with Crippen LogP contribution in [-0.2, 0) is 10.0 Å². The maximum Gasteiger partial charge on any atom is 0.317 e. The van der Waals surface area contributed by atoms with Gasteiger partial charge in [0.2, 0.25) is 10.0 Å². The summed E-state index contributed by atoms with van der Waals surface area (Å²) in [5.74, 6) is 0.809. The lowest BCUT2D eigenvalue weighted by atomic mass is 9.99. The molecule has 0 bridgehead atoms. The molecule has 7 heteroatoms. The van der Waals surface area contributed by atoms with Gasteiger partial charge in [0, 0.05) is 19.1 Å². The lowest BCUT2D eigenvalue weighted by Gasteiger charge is -2.32. The van der Waals surface area contributed by atoms with Crippen molar-refractivity contribution < 1.29 is 13.2 Å². The highest BCUT2D eigenvalue weighted by molar-refractivity contribution is 7.89. The monoisotopic (exact) mass is 303 g/mol. The van der Waals surface area contributed by atoms with Crippen LogP contribution in [0.1, 0.15) is 39.0 Å². The summed E-state index contributed by atoms with van der Waals surface area (Å²) in [5, 5.41) is 8.15. The van der Waals surface area contributed by atoms with Crippen molar-refractivity contribution in [2.45, 2.75) is 45.1 Å². The van der Waals surface area contributed by atoms with Crippen molar-refractivity contribution >= 4 is 16.1 Å². The number of carbonyl (C=O) groups excluding carboxylic acids is 1. The van der Waals surface area contributed by atoms with Crippen LogP contribution in [0.3, 0.4) is 0 Å². The molecular weight excluding hydrogens is 278 g/mol. The summed E-state index contributed by atoms with van der Waals surface area (Å²) in [6, 6.07) is 0.304. The summed E-state index contributed by atoms with van der Waals surface area (Å²) in [6.45, 7) is 3.45. The Balaban J connectivity index is 1.74. The summed E-state index contributed by atoms with van der Waals surface area (Å²) in [7, 11) is -3.41. The number of primary sulfonamides is 1. The van der Waals surface area contributed by atoms with E-state index in [1.807, 2.05) is 0 Å².